The predicted octanol–water partition coefficient (Wildman–Crippen LogP) is 2.95. The standard InChI is InChI=1S/C24H23N3O5/c28-21(26-27-24(31)18-9-2-1-3-10-18)14-7-15-23(30)32-16-22(29)25-20-13-6-11-17-8-4-5-12-19(17)20/h1-6,8-13H,7,14-16H2,(H,25,29)(H,26,28)(H,27,31). The molecule has 0 bridgehead atoms. The molecule has 164 valence electrons. The topological polar surface area (TPSA) is 114 Å². The second-order valence-corrected chi connectivity index (χ2v) is 6.96. The highest BCUT2D eigenvalue weighted by Crippen LogP contribution is 2.22. The summed E-state index contributed by atoms with van der Waals surface area (Å²) >= 11 is 0. The Morgan fingerprint density at radius 2 is 1.44 bits per heavy atom. The quantitative estimate of drug-likeness (QED) is 0.373. The molecule has 32 heavy (non-hydrogen) atoms. The highest BCUT2D eigenvalue weighted by atomic mass is 16.5. The van der Waals surface area contributed by atoms with Crippen LogP contribution in [0, 0.1) is 0 Å². The highest BCUT2D eigenvalue weighted by Gasteiger charge is 2.11. The zero-order valence-electron chi connectivity index (χ0n) is 17.3. The molecule has 0 aliphatic heterocycles. The molecule has 0 fully saturated rings. The zero-order valence-corrected chi connectivity index (χ0v) is 17.3. The van der Waals surface area contributed by atoms with Gasteiger partial charge in [-0.05, 0) is 30.0 Å². The van der Waals surface area contributed by atoms with Crippen molar-refractivity contribution in [2.45, 2.75) is 19.3 Å². The van der Waals surface area contributed by atoms with Crippen molar-refractivity contribution in [1.29, 1.82) is 0 Å². The van der Waals surface area contributed by atoms with Gasteiger partial charge in [-0.3, -0.25) is 30.0 Å². The molecule has 3 rings (SSSR count). The van der Waals surface area contributed by atoms with E-state index in [9.17, 15) is 19.2 Å². The summed E-state index contributed by atoms with van der Waals surface area (Å²) in [6.45, 7) is -0.415. The van der Waals surface area contributed by atoms with Crippen LogP contribution in [0.2, 0.25) is 0 Å². The minimum atomic E-state index is -0.584. The Morgan fingerprint density at radius 3 is 2.25 bits per heavy atom. The van der Waals surface area contributed by atoms with E-state index in [0.717, 1.165) is 10.8 Å². The highest BCUT2D eigenvalue weighted by molar-refractivity contribution is 6.02. The maximum atomic E-state index is 12.1. The van der Waals surface area contributed by atoms with Crippen LogP contribution in [-0.2, 0) is 19.1 Å². The van der Waals surface area contributed by atoms with Gasteiger partial charge in [0.25, 0.3) is 11.8 Å². The third-order valence-electron chi connectivity index (χ3n) is 4.56. The number of hydrogen-bond donors (Lipinski definition) is 3. The van der Waals surface area contributed by atoms with Gasteiger partial charge in [0.1, 0.15) is 0 Å². The molecule has 0 radical (unpaired) electrons. The summed E-state index contributed by atoms with van der Waals surface area (Å²) in [6, 6.07) is 21.6. The fourth-order valence-corrected chi connectivity index (χ4v) is 2.98. The molecule has 0 aliphatic rings. The van der Waals surface area contributed by atoms with Crippen molar-refractivity contribution in [3.05, 3.63) is 78.4 Å². The number of esters is 1. The number of hydrogen-bond acceptors (Lipinski definition) is 5. The number of nitrogens with one attached hydrogen (secondary N) is 3. The van der Waals surface area contributed by atoms with Crippen molar-refractivity contribution in [2.24, 2.45) is 0 Å². The van der Waals surface area contributed by atoms with E-state index in [1.165, 1.54) is 0 Å². The number of benzene rings is 3. The van der Waals surface area contributed by atoms with Crippen LogP contribution in [-0.4, -0.2) is 30.3 Å². The predicted molar refractivity (Wildman–Crippen MR) is 119 cm³/mol. The Bertz CT molecular complexity index is 1110. The Kier molecular flexibility index (Phi) is 7.91. The lowest BCUT2D eigenvalue weighted by atomic mass is 10.1. The normalized spacial score (nSPS) is 10.2. The third kappa shape index (κ3) is 6.66. The average molecular weight is 433 g/mol. The van der Waals surface area contributed by atoms with E-state index in [4.69, 9.17) is 4.74 Å². The summed E-state index contributed by atoms with van der Waals surface area (Å²) in [5, 5.41) is 4.61. The van der Waals surface area contributed by atoms with E-state index >= 15 is 0 Å². The second-order valence-electron chi connectivity index (χ2n) is 6.96. The summed E-state index contributed by atoms with van der Waals surface area (Å²) in [5.41, 5.74) is 5.65. The summed E-state index contributed by atoms with van der Waals surface area (Å²) in [5.74, 6) is -1.90. The summed E-state index contributed by atoms with van der Waals surface area (Å²) in [7, 11) is 0. The molecular weight excluding hydrogens is 410 g/mol. The number of anilines is 1. The first-order valence-electron chi connectivity index (χ1n) is 10.1. The number of carbonyl (C=O) groups is 4. The van der Waals surface area contributed by atoms with E-state index in [0.29, 0.717) is 11.3 Å². The minimum Gasteiger partial charge on any atom is -0.456 e. The Hall–Kier alpha value is -4.20. The fraction of sp³-hybridized carbons (Fsp3) is 0.167. The lowest BCUT2D eigenvalue weighted by Crippen LogP contribution is -2.41. The monoisotopic (exact) mass is 433 g/mol. The fourth-order valence-electron chi connectivity index (χ4n) is 2.98. The molecule has 0 heterocycles. The van der Waals surface area contributed by atoms with E-state index in [1.54, 1.807) is 36.4 Å². The summed E-state index contributed by atoms with van der Waals surface area (Å²) in [6.07, 6.45) is 0.213. The first-order chi connectivity index (χ1) is 15.5. The van der Waals surface area contributed by atoms with Crippen LogP contribution in [0.15, 0.2) is 72.8 Å². The van der Waals surface area contributed by atoms with Gasteiger partial charge in [-0.2, -0.15) is 0 Å². The molecule has 3 amide bonds. The van der Waals surface area contributed by atoms with Crippen LogP contribution in [0.5, 0.6) is 0 Å². The van der Waals surface area contributed by atoms with E-state index in [-0.39, 0.29) is 19.3 Å². The molecule has 0 saturated carbocycles. The maximum absolute atomic E-state index is 12.1. The SMILES string of the molecule is O=C(CCCC(=O)OCC(=O)Nc1cccc2ccccc12)NNC(=O)c1ccccc1. The molecule has 0 atom stereocenters. The van der Waals surface area contributed by atoms with Crippen molar-refractivity contribution >= 4 is 40.2 Å². The molecule has 0 saturated heterocycles. The molecule has 0 aliphatic carbocycles. The first-order valence-corrected chi connectivity index (χ1v) is 10.1. The van der Waals surface area contributed by atoms with Crippen molar-refractivity contribution < 1.29 is 23.9 Å². The second kappa shape index (κ2) is 11.3. The Balaban J connectivity index is 1.33. The lowest BCUT2D eigenvalue weighted by molar-refractivity contribution is -0.147. The van der Waals surface area contributed by atoms with Gasteiger partial charge in [-0.15, -0.1) is 0 Å². The van der Waals surface area contributed by atoms with Gasteiger partial charge < -0.3 is 10.1 Å². The molecule has 3 N–H and O–H groups in total. The van der Waals surface area contributed by atoms with Gasteiger partial charge in [0.15, 0.2) is 6.61 Å². The molecule has 0 aromatic heterocycles. The summed E-state index contributed by atoms with van der Waals surface area (Å²) in [4.78, 5) is 47.6. The van der Waals surface area contributed by atoms with Crippen LogP contribution < -0.4 is 16.2 Å². The van der Waals surface area contributed by atoms with Crippen LogP contribution in [0.1, 0.15) is 29.6 Å². The molecule has 3 aromatic rings. The lowest BCUT2D eigenvalue weighted by Gasteiger charge is -2.09. The zero-order chi connectivity index (χ0) is 22.8. The van der Waals surface area contributed by atoms with Gasteiger partial charge in [0, 0.05) is 29.5 Å². The van der Waals surface area contributed by atoms with Crippen molar-refractivity contribution in [1.82, 2.24) is 10.9 Å². The van der Waals surface area contributed by atoms with Gasteiger partial charge in [0.2, 0.25) is 5.91 Å². The number of amides is 3. The number of carbonyl (C=O) groups excluding carboxylic acids is 4. The van der Waals surface area contributed by atoms with Crippen LogP contribution in [0.25, 0.3) is 10.8 Å². The van der Waals surface area contributed by atoms with Gasteiger partial charge >= 0.3 is 5.97 Å². The molecule has 8 heteroatoms. The molecule has 8 nitrogen and oxygen atoms in total. The van der Waals surface area contributed by atoms with Crippen molar-refractivity contribution in [3.8, 4) is 0 Å². The number of ether oxygens (including phenoxy) is 1. The van der Waals surface area contributed by atoms with Crippen molar-refractivity contribution in [2.75, 3.05) is 11.9 Å². The third-order valence-corrected chi connectivity index (χ3v) is 4.56. The van der Waals surface area contributed by atoms with Crippen LogP contribution in [0.3, 0.4) is 0 Å². The van der Waals surface area contributed by atoms with E-state index < -0.39 is 30.3 Å². The van der Waals surface area contributed by atoms with E-state index in [2.05, 4.69) is 16.2 Å². The molecule has 0 unspecified atom stereocenters. The molecule has 0 spiro atoms. The van der Waals surface area contributed by atoms with Crippen LogP contribution in [0.4, 0.5) is 5.69 Å². The Morgan fingerprint density at radius 1 is 0.719 bits per heavy atom. The number of rotatable bonds is 8. The summed E-state index contributed by atoms with van der Waals surface area (Å²) < 4.78 is 4.97. The van der Waals surface area contributed by atoms with Crippen LogP contribution >= 0.6 is 0 Å². The van der Waals surface area contributed by atoms with Gasteiger partial charge in [-0.1, -0.05) is 54.6 Å². The number of hydrazine groups is 1. The molecule has 3 aromatic carbocycles. The largest absolute Gasteiger partial charge is 0.456 e. The average Bonchev–Trinajstić information content (AvgIpc) is 2.82. The number of fused-ring (bicyclic) bond motifs is 1. The van der Waals surface area contributed by atoms with Gasteiger partial charge in [0.05, 0.1) is 0 Å². The maximum Gasteiger partial charge on any atom is 0.306 e. The Labute approximate surface area is 184 Å². The first kappa shape index (κ1) is 22.5. The van der Waals surface area contributed by atoms with Crippen molar-refractivity contribution in [3.63, 3.8) is 0 Å². The smallest absolute Gasteiger partial charge is 0.306 e. The minimum absolute atomic E-state index is 0.0202. The molecular formula is C24H23N3O5. The van der Waals surface area contributed by atoms with Gasteiger partial charge in [-0.25, -0.2) is 0 Å². The van der Waals surface area contributed by atoms with E-state index in [1.807, 2.05) is 36.4 Å².